The summed E-state index contributed by atoms with van der Waals surface area (Å²) in [4.78, 5) is 0.844. The van der Waals surface area contributed by atoms with Gasteiger partial charge in [-0.1, -0.05) is 0 Å². The SMILES string of the molecule is C=S(=O)(c1ccc(F)cc1)c1ccc(F)cc1. The Morgan fingerprint density at radius 2 is 1.06 bits per heavy atom. The molecule has 4 heteroatoms. The lowest BCUT2D eigenvalue weighted by Gasteiger charge is -2.09. The van der Waals surface area contributed by atoms with Gasteiger partial charge in [0.1, 0.15) is 11.6 Å². The highest BCUT2D eigenvalue weighted by atomic mass is 32.2. The van der Waals surface area contributed by atoms with E-state index in [1.807, 2.05) is 0 Å². The van der Waals surface area contributed by atoms with Gasteiger partial charge in [0, 0.05) is 19.3 Å². The second-order valence-electron chi connectivity index (χ2n) is 3.58. The van der Waals surface area contributed by atoms with Crippen LogP contribution in [0.2, 0.25) is 0 Å². The molecule has 17 heavy (non-hydrogen) atoms. The Kier molecular flexibility index (Phi) is 2.98. The first kappa shape index (κ1) is 11.8. The molecule has 0 unspecified atom stereocenters. The van der Waals surface area contributed by atoms with E-state index in [0.29, 0.717) is 9.79 Å². The smallest absolute Gasteiger partial charge is 0.123 e. The summed E-state index contributed by atoms with van der Waals surface area (Å²) in [5.74, 6) is 2.85. The number of hydrogen-bond donors (Lipinski definition) is 0. The summed E-state index contributed by atoms with van der Waals surface area (Å²) in [5.41, 5.74) is 0. The van der Waals surface area contributed by atoms with E-state index < -0.39 is 21.2 Å². The van der Waals surface area contributed by atoms with Crippen LogP contribution in [0, 0.1) is 11.6 Å². The van der Waals surface area contributed by atoms with Crippen molar-refractivity contribution in [3.63, 3.8) is 0 Å². The lowest BCUT2D eigenvalue weighted by molar-refractivity contribution is 0.625. The van der Waals surface area contributed by atoms with Gasteiger partial charge in [-0.05, 0) is 54.4 Å². The van der Waals surface area contributed by atoms with Gasteiger partial charge in [-0.15, -0.1) is 0 Å². The fourth-order valence-electron chi connectivity index (χ4n) is 1.44. The minimum atomic E-state index is -2.71. The minimum absolute atomic E-state index is 0.400. The second kappa shape index (κ2) is 4.30. The van der Waals surface area contributed by atoms with Crippen molar-refractivity contribution >= 4 is 15.4 Å². The van der Waals surface area contributed by atoms with Crippen molar-refractivity contribution in [3.05, 3.63) is 60.2 Å². The number of rotatable bonds is 2. The van der Waals surface area contributed by atoms with Crippen LogP contribution in [0.15, 0.2) is 58.3 Å². The monoisotopic (exact) mass is 252 g/mol. The number of halogens is 2. The first-order valence-electron chi connectivity index (χ1n) is 4.88. The molecule has 0 heterocycles. The Hall–Kier alpha value is -1.68. The molecule has 2 aromatic rings. The molecule has 0 fully saturated rings. The first-order valence-corrected chi connectivity index (χ1v) is 6.61. The molecule has 0 saturated carbocycles. The van der Waals surface area contributed by atoms with Crippen LogP contribution in [0.5, 0.6) is 0 Å². The van der Waals surface area contributed by atoms with Gasteiger partial charge in [0.05, 0.1) is 0 Å². The highest BCUT2D eigenvalue weighted by molar-refractivity contribution is 8.00. The molecule has 0 aliphatic carbocycles. The van der Waals surface area contributed by atoms with E-state index in [4.69, 9.17) is 0 Å². The zero-order valence-electron chi connectivity index (χ0n) is 8.90. The molecule has 88 valence electrons. The van der Waals surface area contributed by atoms with Crippen molar-refractivity contribution < 1.29 is 13.0 Å². The average molecular weight is 252 g/mol. The van der Waals surface area contributed by atoms with Crippen LogP contribution in [-0.4, -0.2) is 10.1 Å². The molecule has 0 amide bonds. The number of benzene rings is 2. The zero-order chi connectivity index (χ0) is 12.5. The van der Waals surface area contributed by atoms with Gasteiger partial charge in [0.25, 0.3) is 0 Å². The lowest BCUT2D eigenvalue weighted by atomic mass is 10.3. The quantitative estimate of drug-likeness (QED) is 0.751. The van der Waals surface area contributed by atoms with Crippen molar-refractivity contribution in [3.8, 4) is 0 Å². The van der Waals surface area contributed by atoms with Crippen LogP contribution in [0.4, 0.5) is 8.78 Å². The summed E-state index contributed by atoms with van der Waals surface area (Å²) in [5, 5.41) is 0. The Morgan fingerprint density at radius 1 is 0.765 bits per heavy atom. The maximum atomic E-state index is 12.8. The third kappa shape index (κ3) is 2.36. The maximum Gasteiger partial charge on any atom is 0.123 e. The van der Waals surface area contributed by atoms with Gasteiger partial charge in [-0.2, -0.15) is 0 Å². The molecule has 0 aliphatic heterocycles. The molecule has 0 spiro atoms. The van der Waals surface area contributed by atoms with Crippen LogP contribution < -0.4 is 0 Å². The van der Waals surface area contributed by atoms with Crippen molar-refractivity contribution in [1.29, 1.82) is 0 Å². The van der Waals surface area contributed by atoms with E-state index in [1.54, 1.807) is 0 Å². The highest BCUT2D eigenvalue weighted by Crippen LogP contribution is 2.21. The Morgan fingerprint density at radius 3 is 1.35 bits per heavy atom. The molecule has 0 saturated heterocycles. The van der Waals surface area contributed by atoms with E-state index in [2.05, 4.69) is 5.87 Å². The largest absolute Gasteiger partial charge is 0.258 e. The van der Waals surface area contributed by atoms with Crippen molar-refractivity contribution in [2.45, 2.75) is 9.79 Å². The van der Waals surface area contributed by atoms with E-state index in [0.717, 1.165) is 0 Å². The van der Waals surface area contributed by atoms with Crippen LogP contribution >= 0.6 is 0 Å². The minimum Gasteiger partial charge on any atom is -0.258 e. The summed E-state index contributed by atoms with van der Waals surface area (Å²) in [6.45, 7) is 0. The molecule has 0 atom stereocenters. The van der Waals surface area contributed by atoms with Gasteiger partial charge in [-0.3, -0.25) is 4.21 Å². The molecule has 0 bridgehead atoms. The first-order chi connectivity index (χ1) is 8.00. The van der Waals surface area contributed by atoms with Crippen LogP contribution in [-0.2, 0) is 9.52 Å². The van der Waals surface area contributed by atoms with Crippen LogP contribution in [0.3, 0.4) is 0 Å². The number of hydrogen-bond acceptors (Lipinski definition) is 1. The van der Waals surface area contributed by atoms with E-state index >= 15 is 0 Å². The second-order valence-corrected chi connectivity index (χ2v) is 5.88. The molecule has 0 aromatic heterocycles. The molecule has 2 aromatic carbocycles. The molecule has 0 aliphatic rings. The molecule has 1 nitrogen and oxygen atoms in total. The predicted octanol–water partition coefficient (Wildman–Crippen LogP) is 3.10. The summed E-state index contributed by atoms with van der Waals surface area (Å²) in [6.07, 6.45) is 0. The van der Waals surface area contributed by atoms with Gasteiger partial charge < -0.3 is 0 Å². The van der Waals surface area contributed by atoms with Crippen LogP contribution in [0.25, 0.3) is 0 Å². The Labute approximate surface area is 98.7 Å². The maximum absolute atomic E-state index is 12.8. The Bertz CT molecular complexity index is 562. The van der Waals surface area contributed by atoms with Gasteiger partial charge in [0.15, 0.2) is 0 Å². The predicted molar refractivity (Wildman–Crippen MR) is 64.6 cm³/mol. The van der Waals surface area contributed by atoms with E-state index in [1.165, 1.54) is 48.5 Å². The average Bonchev–Trinajstić information content (AvgIpc) is 2.30. The summed E-state index contributed by atoms with van der Waals surface area (Å²) < 4.78 is 38.0. The fraction of sp³-hybridized carbons (Fsp3) is 0. The molecular formula is C13H10F2OS. The van der Waals surface area contributed by atoms with E-state index in [9.17, 15) is 13.0 Å². The standard InChI is InChI=1S/C13H10F2OS/c1-17(16,12-6-2-10(14)3-7-12)13-8-4-11(15)5-9-13/h2-9H,1H2. The third-order valence-electron chi connectivity index (χ3n) is 2.39. The molecule has 0 radical (unpaired) electrons. The third-order valence-corrected chi connectivity index (χ3v) is 4.46. The molecular weight excluding hydrogens is 242 g/mol. The van der Waals surface area contributed by atoms with E-state index in [-0.39, 0.29) is 0 Å². The summed E-state index contributed by atoms with van der Waals surface area (Å²) in [7, 11) is -2.71. The van der Waals surface area contributed by atoms with Gasteiger partial charge >= 0.3 is 0 Å². The van der Waals surface area contributed by atoms with Crippen molar-refractivity contribution in [2.24, 2.45) is 0 Å². The van der Waals surface area contributed by atoms with Crippen molar-refractivity contribution in [1.82, 2.24) is 0 Å². The fourth-order valence-corrected chi connectivity index (χ4v) is 2.87. The van der Waals surface area contributed by atoms with Gasteiger partial charge in [-0.25, -0.2) is 8.78 Å². The summed E-state index contributed by atoms with van der Waals surface area (Å²) in [6, 6.07) is 10.6. The topological polar surface area (TPSA) is 17.1 Å². The Balaban J connectivity index is 2.50. The zero-order valence-corrected chi connectivity index (χ0v) is 9.71. The normalized spacial score (nSPS) is 11.4. The van der Waals surface area contributed by atoms with Crippen LogP contribution in [0.1, 0.15) is 0 Å². The summed E-state index contributed by atoms with van der Waals surface area (Å²) >= 11 is 0. The molecule has 0 N–H and O–H groups in total. The van der Waals surface area contributed by atoms with Crippen molar-refractivity contribution in [2.75, 3.05) is 0 Å². The van der Waals surface area contributed by atoms with Gasteiger partial charge in [0.2, 0.25) is 0 Å². The lowest BCUT2D eigenvalue weighted by Crippen LogP contribution is -2.01. The molecule has 2 rings (SSSR count). The highest BCUT2D eigenvalue weighted by Gasteiger charge is 2.10.